The molecule has 0 aliphatic carbocycles. The van der Waals surface area contributed by atoms with Crippen molar-refractivity contribution in [3.8, 4) is 11.5 Å². The second kappa shape index (κ2) is 11.7. The van der Waals surface area contributed by atoms with Crippen LogP contribution >= 0.6 is 0 Å². The number of benzene rings is 4. The van der Waals surface area contributed by atoms with Crippen molar-refractivity contribution in [3.05, 3.63) is 60.7 Å². The van der Waals surface area contributed by atoms with E-state index in [1.165, 1.54) is 50.4 Å². The standard InChI is InChI=1S/C25H24N4O10S2/c1-14(30)13-37-24-12-20(41(34,35)39-27)10-16-8-18(4-6-22(16)24)29-25(31)28-17-3-5-21-15(7-17)9-19(11-23(21)36-2)40(32,33)38-26/h3-12H,13,26-27H2,1-2H3,(H2,28,29,31). The fraction of sp³-hybridized carbons (Fsp3) is 0.120. The van der Waals surface area contributed by atoms with Gasteiger partial charge in [-0.25, -0.2) is 4.79 Å². The molecule has 4 rings (SSSR count). The summed E-state index contributed by atoms with van der Waals surface area (Å²) in [6.45, 7) is 1.02. The molecule has 0 aliphatic heterocycles. The van der Waals surface area contributed by atoms with Gasteiger partial charge in [-0.2, -0.15) is 37.2 Å². The predicted molar refractivity (Wildman–Crippen MR) is 148 cm³/mol. The van der Waals surface area contributed by atoms with E-state index in [1.807, 2.05) is 0 Å². The van der Waals surface area contributed by atoms with Crippen molar-refractivity contribution < 1.29 is 44.5 Å². The molecule has 0 saturated heterocycles. The molecule has 0 fully saturated rings. The van der Waals surface area contributed by atoms with Gasteiger partial charge in [0.15, 0.2) is 5.78 Å². The lowest BCUT2D eigenvalue weighted by atomic mass is 10.1. The third kappa shape index (κ3) is 6.54. The lowest BCUT2D eigenvalue weighted by molar-refractivity contribution is -0.118. The summed E-state index contributed by atoms with van der Waals surface area (Å²) >= 11 is 0. The summed E-state index contributed by atoms with van der Waals surface area (Å²) < 4.78 is 67.6. The zero-order valence-electron chi connectivity index (χ0n) is 21.5. The van der Waals surface area contributed by atoms with Gasteiger partial charge in [0.2, 0.25) is 0 Å². The number of ether oxygens (including phenoxy) is 2. The molecule has 14 nitrogen and oxygen atoms in total. The largest absolute Gasteiger partial charge is 0.496 e. The van der Waals surface area contributed by atoms with Crippen LogP contribution in [-0.2, 0) is 33.6 Å². The van der Waals surface area contributed by atoms with Gasteiger partial charge in [0.05, 0.1) is 16.9 Å². The molecule has 0 heterocycles. The summed E-state index contributed by atoms with van der Waals surface area (Å²) in [6.07, 6.45) is 0. The fourth-order valence-electron chi connectivity index (χ4n) is 3.93. The number of fused-ring (bicyclic) bond motifs is 2. The Labute approximate surface area is 234 Å². The number of nitrogens with two attached hydrogens (primary N) is 2. The van der Waals surface area contributed by atoms with Gasteiger partial charge in [-0.15, -0.1) is 0 Å². The topological polar surface area (TPSA) is 215 Å². The number of carbonyl (C=O) groups is 2. The van der Waals surface area contributed by atoms with Crippen LogP contribution in [0.3, 0.4) is 0 Å². The van der Waals surface area contributed by atoms with Crippen molar-refractivity contribution in [1.82, 2.24) is 0 Å². The highest BCUT2D eigenvalue weighted by molar-refractivity contribution is 7.87. The zero-order valence-corrected chi connectivity index (χ0v) is 23.2. The molecular formula is C25H24N4O10S2. The zero-order chi connectivity index (χ0) is 29.9. The highest BCUT2D eigenvalue weighted by Crippen LogP contribution is 2.33. The van der Waals surface area contributed by atoms with Gasteiger partial charge in [0, 0.05) is 34.3 Å². The van der Waals surface area contributed by atoms with Gasteiger partial charge in [-0.1, -0.05) is 0 Å². The molecular weight excluding hydrogens is 580 g/mol. The number of Topliss-reactive ketones (excluding diaryl/α,β-unsaturated/α-hetero) is 1. The molecule has 2 amide bonds. The van der Waals surface area contributed by atoms with E-state index in [1.54, 1.807) is 24.3 Å². The highest BCUT2D eigenvalue weighted by Gasteiger charge is 2.20. The van der Waals surface area contributed by atoms with Gasteiger partial charge in [-0.3, -0.25) is 4.79 Å². The van der Waals surface area contributed by atoms with Crippen LogP contribution in [-0.4, -0.2) is 42.4 Å². The number of anilines is 2. The second-order valence-electron chi connectivity index (χ2n) is 8.59. The van der Waals surface area contributed by atoms with Crippen LogP contribution in [0, 0.1) is 0 Å². The van der Waals surface area contributed by atoms with E-state index in [9.17, 15) is 26.4 Å². The fourth-order valence-corrected chi connectivity index (χ4v) is 5.20. The monoisotopic (exact) mass is 604 g/mol. The van der Waals surface area contributed by atoms with E-state index in [4.69, 9.17) is 21.3 Å². The molecule has 4 aromatic carbocycles. The summed E-state index contributed by atoms with van der Waals surface area (Å²) in [5.74, 6) is 9.87. The summed E-state index contributed by atoms with van der Waals surface area (Å²) in [6, 6.07) is 13.7. The predicted octanol–water partition coefficient (Wildman–Crippen LogP) is 2.77. The number of hydrogen-bond acceptors (Lipinski definition) is 12. The molecule has 216 valence electrons. The minimum atomic E-state index is -4.31. The number of nitrogens with one attached hydrogen (secondary N) is 2. The minimum Gasteiger partial charge on any atom is -0.496 e. The van der Waals surface area contributed by atoms with E-state index in [0.717, 1.165) is 0 Å². The van der Waals surface area contributed by atoms with Gasteiger partial charge in [0.25, 0.3) is 0 Å². The normalized spacial score (nSPS) is 11.8. The minimum absolute atomic E-state index is 0.0948. The SMILES string of the molecule is COc1cc(S(=O)(=O)ON)cc2cc(NC(=O)Nc3ccc4c(OCC(C)=O)cc(S(=O)(=O)ON)cc4c3)ccc12. The van der Waals surface area contributed by atoms with Crippen molar-refractivity contribution in [2.45, 2.75) is 16.7 Å². The van der Waals surface area contributed by atoms with Crippen LogP contribution in [0.25, 0.3) is 21.5 Å². The second-order valence-corrected chi connectivity index (χ2v) is 11.7. The van der Waals surface area contributed by atoms with Crippen molar-refractivity contribution in [2.75, 3.05) is 24.4 Å². The lowest BCUT2D eigenvalue weighted by Gasteiger charge is -2.13. The van der Waals surface area contributed by atoms with E-state index in [2.05, 4.69) is 19.2 Å². The first kappa shape index (κ1) is 29.7. The van der Waals surface area contributed by atoms with Crippen molar-refractivity contribution in [1.29, 1.82) is 0 Å². The number of methoxy groups -OCH3 is 1. The first-order valence-electron chi connectivity index (χ1n) is 11.5. The molecule has 6 N–H and O–H groups in total. The Balaban J connectivity index is 1.63. The van der Waals surface area contributed by atoms with Crippen molar-refractivity contribution in [3.63, 3.8) is 0 Å². The van der Waals surface area contributed by atoms with Crippen LogP contribution in [0.4, 0.5) is 16.2 Å². The van der Waals surface area contributed by atoms with E-state index < -0.39 is 26.3 Å². The Bertz CT molecular complexity index is 1890. The summed E-state index contributed by atoms with van der Waals surface area (Å²) in [5.41, 5.74) is 0.598. The average Bonchev–Trinajstić information content (AvgIpc) is 2.94. The molecule has 41 heavy (non-hydrogen) atoms. The van der Waals surface area contributed by atoms with Gasteiger partial charge < -0.3 is 20.1 Å². The molecule has 4 aromatic rings. The maximum Gasteiger partial charge on any atom is 0.323 e. The Morgan fingerprint density at radius 3 is 1.63 bits per heavy atom. The smallest absolute Gasteiger partial charge is 0.323 e. The molecule has 0 saturated carbocycles. The Hall–Kier alpha value is -4.32. The number of carbonyl (C=O) groups excluding carboxylic acids is 2. The van der Waals surface area contributed by atoms with Gasteiger partial charge >= 0.3 is 26.3 Å². The molecule has 0 aliphatic rings. The Morgan fingerprint density at radius 1 is 0.732 bits per heavy atom. The quantitative estimate of drug-likeness (QED) is 0.192. The Kier molecular flexibility index (Phi) is 8.43. The Morgan fingerprint density at radius 2 is 1.20 bits per heavy atom. The van der Waals surface area contributed by atoms with E-state index in [-0.39, 0.29) is 39.4 Å². The summed E-state index contributed by atoms with van der Waals surface area (Å²) in [5, 5.41) is 7.06. The summed E-state index contributed by atoms with van der Waals surface area (Å²) in [7, 11) is -7.16. The van der Waals surface area contributed by atoms with Crippen LogP contribution in [0.2, 0.25) is 0 Å². The molecule has 0 bridgehead atoms. The van der Waals surface area contributed by atoms with Gasteiger partial charge in [-0.05, 0) is 66.2 Å². The van der Waals surface area contributed by atoms with E-state index in [0.29, 0.717) is 27.2 Å². The molecule has 0 atom stereocenters. The van der Waals surface area contributed by atoms with Crippen LogP contribution in [0.5, 0.6) is 11.5 Å². The highest BCUT2D eigenvalue weighted by atomic mass is 32.2. The number of urea groups is 1. The van der Waals surface area contributed by atoms with Crippen LogP contribution < -0.4 is 31.9 Å². The lowest BCUT2D eigenvalue weighted by Crippen LogP contribution is -2.19. The molecule has 0 spiro atoms. The summed E-state index contributed by atoms with van der Waals surface area (Å²) in [4.78, 5) is 23.6. The molecule has 0 unspecified atom stereocenters. The van der Waals surface area contributed by atoms with E-state index >= 15 is 0 Å². The molecule has 0 aromatic heterocycles. The van der Waals surface area contributed by atoms with Crippen molar-refractivity contribution >= 4 is 65.0 Å². The maximum absolute atomic E-state index is 12.8. The first-order valence-corrected chi connectivity index (χ1v) is 14.3. The molecule has 16 heteroatoms. The first-order chi connectivity index (χ1) is 19.4. The van der Waals surface area contributed by atoms with Crippen LogP contribution in [0.1, 0.15) is 6.92 Å². The number of hydrogen-bond donors (Lipinski definition) is 4. The number of amides is 2. The average molecular weight is 605 g/mol. The third-order valence-corrected chi connectivity index (χ3v) is 7.91. The van der Waals surface area contributed by atoms with Gasteiger partial charge in [0.1, 0.15) is 18.1 Å². The number of rotatable bonds is 10. The van der Waals surface area contributed by atoms with Crippen LogP contribution in [0.15, 0.2) is 70.5 Å². The van der Waals surface area contributed by atoms with Crippen molar-refractivity contribution in [2.24, 2.45) is 11.8 Å². The number of ketones is 1. The maximum atomic E-state index is 12.8. The third-order valence-electron chi connectivity index (χ3n) is 5.77. The molecule has 0 radical (unpaired) electrons.